The number of nitrogens with zero attached hydrogens (tertiary/aromatic N) is 4. The zero-order valence-corrected chi connectivity index (χ0v) is 16.2. The highest BCUT2D eigenvalue weighted by molar-refractivity contribution is 7.90. The third-order valence-electron chi connectivity index (χ3n) is 4.84. The molecule has 0 unspecified atom stereocenters. The Bertz CT molecular complexity index is 1230. The summed E-state index contributed by atoms with van der Waals surface area (Å²) in [7, 11) is -4.28. The molecule has 1 aliphatic rings. The minimum absolute atomic E-state index is 0.0265. The van der Waals surface area contributed by atoms with Crippen LogP contribution in [-0.4, -0.2) is 56.0 Å². The lowest BCUT2D eigenvalue weighted by Gasteiger charge is -2.14. The van der Waals surface area contributed by atoms with E-state index in [1.54, 1.807) is 19.1 Å². The predicted octanol–water partition coefficient (Wildman–Crippen LogP) is -0.639. The Hall–Kier alpha value is -2.80. The topological polar surface area (TPSA) is 163 Å². The minimum atomic E-state index is -4.28. The van der Waals surface area contributed by atoms with E-state index >= 15 is 0 Å². The molecule has 0 radical (unpaired) electrons. The molecule has 3 atom stereocenters. The molecular formula is C17H19N5O6S. The van der Waals surface area contributed by atoms with Crippen molar-refractivity contribution in [2.24, 2.45) is 0 Å². The lowest BCUT2D eigenvalue weighted by molar-refractivity contribution is -0.0432. The second kappa shape index (κ2) is 6.91. The van der Waals surface area contributed by atoms with Gasteiger partial charge in [0.2, 0.25) is 5.95 Å². The summed E-state index contributed by atoms with van der Waals surface area (Å²) in [4.78, 5) is 20.8. The Labute approximate surface area is 165 Å². The van der Waals surface area contributed by atoms with Crippen molar-refractivity contribution < 1.29 is 23.4 Å². The zero-order valence-electron chi connectivity index (χ0n) is 15.3. The van der Waals surface area contributed by atoms with Gasteiger partial charge < -0.3 is 20.7 Å². The second-order valence-corrected chi connectivity index (χ2v) is 8.58. The fourth-order valence-electron chi connectivity index (χ4n) is 3.28. The Morgan fingerprint density at radius 3 is 2.62 bits per heavy atom. The van der Waals surface area contributed by atoms with Crippen molar-refractivity contribution in [3.05, 3.63) is 46.5 Å². The number of hydrogen-bond acceptors (Lipinski definition) is 9. The van der Waals surface area contributed by atoms with Gasteiger partial charge in [0.25, 0.3) is 15.6 Å². The number of rotatable bonds is 4. The molecular weight excluding hydrogens is 402 g/mol. The second-order valence-electron chi connectivity index (χ2n) is 6.80. The van der Waals surface area contributed by atoms with Crippen molar-refractivity contribution in [2.45, 2.75) is 36.7 Å². The lowest BCUT2D eigenvalue weighted by Crippen LogP contribution is -2.31. The van der Waals surface area contributed by atoms with Gasteiger partial charge in [-0.05, 0) is 19.1 Å². The van der Waals surface area contributed by atoms with Crippen LogP contribution in [0.15, 0.2) is 40.3 Å². The van der Waals surface area contributed by atoms with E-state index in [9.17, 15) is 23.4 Å². The van der Waals surface area contributed by atoms with Crippen LogP contribution in [0.4, 0.5) is 5.95 Å². The van der Waals surface area contributed by atoms with Gasteiger partial charge in [-0.1, -0.05) is 17.7 Å². The van der Waals surface area contributed by atoms with Crippen LogP contribution in [-0.2, 0) is 14.8 Å². The molecule has 1 fully saturated rings. The number of ether oxygens (including phenoxy) is 1. The van der Waals surface area contributed by atoms with E-state index in [1.807, 2.05) is 0 Å². The Balaban J connectivity index is 1.83. The van der Waals surface area contributed by atoms with Gasteiger partial charge >= 0.3 is 0 Å². The van der Waals surface area contributed by atoms with Crippen LogP contribution in [0.5, 0.6) is 0 Å². The number of nitrogens with two attached hydrogens (primary N) is 1. The first kappa shape index (κ1) is 19.5. The van der Waals surface area contributed by atoms with E-state index in [0.717, 1.165) is 5.56 Å². The summed E-state index contributed by atoms with van der Waals surface area (Å²) in [6.07, 6.45) is -1.01. The van der Waals surface area contributed by atoms with Crippen molar-refractivity contribution in [3.63, 3.8) is 0 Å². The summed E-state index contributed by atoms with van der Waals surface area (Å²) in [6, 6.07) is 5.97. The molecule has 0 spiro atoms. The molecule has 1 aliphatic heterocycles. The summed E-state index contributed by atoms with van der Waals surface area (Å²) in [6.45, 7) is 1.43. The number of aryl methyl sites for hydroxylation is 1. The number of imidazole rings is 1. The first-order valence-corrected chi connectivity index (χ1v) is 10.2. The number of aliphatic hydroxyl groups is 2. The van der Waals surface area contributed by atoms with E-state index in [-0.39, 0.29) is 29.1 Å². The van der Waals surface area contributed by atoms with Crippen molar-refractivity contribution in [3.8, 4) is 0 Å². The molecule has 11 nitrogen and oxygen atoms in total. The van der Waals surface area contributed by atoms with Gasteiger partial charge in [-0.15, -0.1) is 0 Å². The van der Waals surface area contributed by atoms with Gasteiger partial charge in [0.05, 0.1) is 23.9 Å². The number of aliphatic hydroxyl groups excluding tert-OH is 2. The van der Waals surface area contributed by atoms with Crippen LogP contribution < -0.4 is 11.3 Å². The van der Waals surface area contributed by atoms with Crippen molar-refractivity contribution >= 4 is 27.1 Å². The minimum Gasteiger partial charge on any atom is -0.394 e. The van der Waals surface area contributed by atoms with Crippen LogP contribution >= 0.6 is 0 Å². The van der Waals surface area contributed by atoms with Gasteiger partial charge in [0, 0.05) is 6.42 Å². The number of benzene rings is 1. The standard InChI is InChI=1S/C17H19N5O6S/c1-9-2-4-10(5-3-9)29(26,27)22-16(25)14-15(20-17(22)18)21(8-19-14)13-6-11(24)12(7-23)28-13/h2-5,8,11-13,23-24H,6-7H2,1H3,(H2,18,20)/t11-,12+,13+/m0/s1. The number of hydrogen-bond donors (Lipinski definition) is 3. The third kappa shape index (κ3) is 3.09. The highest BCUT2D eigenvalue weighted by Gasteiger charge is 2.36. The van der Waals surface area contributed by atoms with E-state index in [4.69, 9.17) is 10.5 Å². The molecule has 154 valence electrons. The van der Waals surface area contributed by atoms with Crippen LogP contribution in [0.1, 0.15) is 18.2 Å². The Morgan fingerprint density at radius 2 is 2.00 bits per heavy atom. The average Bonchev–Trinajstić information content (AvgIpc) is 3.25. The molecule has 0 aliphatic carbocycles. The van der Waals surface area contributed by atoms with Gasteiger partial charge in [0.15, 0.2) is 11.2 Å². The lowest BCUT2D eigenvalue weighted by atomic mass is 10.2. The highest BCUT2D eigenvalue weighted by Crippen LogP contribution is 2.30. The Morgan fingerprint density at radius 1 is 1.31 bits per heavy atom. The van der Waals surface area contributed by atoms with Crippen LogP contribution in [0, 0.1) is 6.92 Å². The molecule has 4 N–H and O–H groups in total. The maximum Gasteiger partial charge on any atom is 0.297 e. The number of nitrogen functional groups attached to an aromatic ring is 1. The first-order chi connectivity index (χ1) is 13.7. The van der Waals surface area contributed by atoms with Gasteiger partial charge in [-0.2, -0.15) is 8.96 Å². The van der Waals surface area contributed by atoms with E-state index in [0.29, 0.717) is 3.97 Å². The third-order valence-corrected chi connectivity index (χ3v) is 6.54. The molecule has 3 heterocycles. The molecule has 3 aromatic rings. The van der Waals surface area contributed by atoms with Crippen molar-refractivity contribution in [1.82, 2.24) is 18.5 Å². The molecule has 1 aromatic carbocycles. The van der Waals surface area contributed by atoms with Crippen molar-refractivity contribution in [1.29, 1.82) is 0 Å². The molecule has 2 aromatic heterocycles. The molecule has 12 heteroatoms. The maximum atomic E-state index is 12.9. The SMILES string of the molecule is Cc1ccc(S(=O)(=O)n2c(N)nc3c(ncn3[C@H]3C[C@H](O)[C@@H](CO)O3)c2=O)cc1. The largest absolute Gasteiger partial charge is 0.394 e. The van der Waals surface area contributed by atoms with Crippen LogP contribution in [0.3, 0.4) is 0 Å². The maximum absolute atomic E-state index is 12.9. The van der Waals surface area contributed by atoms with Crippen LogP contribution in [0.2, 0.25) is 0 Å². The van der Waals surface area contributed by atoms with Crippen molar-refractivity contribution in [2.75, 3.05) is 12.3 Å². The normalized spacial score (nSPS) is 22.4. The molecule has 0 bridgehead atoms. The molecule has 1 saturated heterocycles. The molecule has 0 amide bonds. The van der Waals surface area contributed by atoms with Gasteiger partial charge in [-0.3, -0.25) is 9.36 Å². The fourth-order valence-corrected chi connectivity index (χ4v) is 4.56. The van der Waals surface area contributed by atoms with E-state index < -0.39 is 40.0 Å². The van der Waals surface area contributed by atoms with Crippen LogP contribution in [0.25, 0.3) is 11.2 Å². The summed E-state index contributed by atoms with van der Waals surface area (Å²) < 4.78 is 33.2. The summed E-state index contributed by atoms with van der Waals surface area (Å²) in [5.74, 6) is -0.526. The zero-order chi connectivity index (χ0) is 20.9. The fraction of sp³-hybridized carbons (Fsp3) is 0.353. The summed E-state index contributed by atoms with van der Waals surface area (Å²) >= 11 is 0. The average molecular weight is 421 g/mol. The first-order valence-electron chi connectivity index (χ1n) is 8.75. The smallest absolute Gasteiger partial charge is 0.297 e. The van der Waals surface area contributed by atoms with Gasteiger partial charge in [0.1, 0.15) is 12.3 Å². The van der Waals surface area contributed by atoms with E-state index in [2.05, 4.69) is 9.97 Å². The number of aromatic nitrogens is 4. The molecule has 29 heavy (non-hydrogen) atoms. The number of fused-ring (bicyclic) bond motifs is 1. The number of anilines is 1. The summed E-state index contributed by atoms with van der Waals surface area (Å²) in [5, 5.41) is 19.2. The monoisotopic (exact) mass is 421 g/mol. The van der Waals surface area contributed by atoms with Gasteiger partial charge in [-0.25, -0.2) is 13.4 Å². The molecule has 0 saturated carbocycles. The molecule has 4 rings (SSSR count). The summed E-state index contributed by atoms with van der Waals surface area (Å²) in [5.41, 5.74) is 5.59. The van der Waals surface area contributed by atoms with E-state index in [1.165, 1.54) is 23.0 Å². The Kier molecular flexibility index (Phi) is 4.65. The predicted molar refractivity (Wildman–Crippen MR) is 102 cm³/mol. The quantitative estimate of drug-likeness (QED) is 0.497. The highest BCUT2D eigenvalue weighted by atomic mass is 32.2.